The Bertz CT molecular complexity index is 322. The molecule has 0 radical (unpaired) electrons. The van der Waals surface area contributed by atoms with E-state index in [1.807, 2.05) is 36.4 Å². The Hall–Kier alpha value is -1.22. The topological polar surface area (TPSA) is 29.1 Å². The van der Waals surface area contributed by atoms with E-state index >= 15 is 0 Å². The Balaban J connectivity index is 2.34. The molecule has 1 aromatic rings. The molecule has 0 heterocycles. The SMILES string of the molecule is CCCSNC(=O)/C=C/c1ccccc1. The van der Waals surface area contributed by atoms with E-state index in [0.717, 1.165) is 17.7 Å². The maximum absolute atomic E-state index is 11.3. The molecule has 0 aliphatic rings. The van der Waals surface area contributed by atoms with Gasteiger partial charge < -0.3 is 0 Å². The lowest BCUT2D eigenvalue weighted by atomic mass is 10.2. The molecule has 1 aromatic carbocycles. The minimum absolute atomic E-state index is 0.0581. The Morgan fingerprint density at radius 1 is 1.40 bits per heavy atom. The fraction of sp³-hybridized carbons (Fsp3) is 0.250. The van der Waals surface area contributed by atoms with Crippen LogP contribution >= 0.6 is 11.9 Å². The van der Waals surface area contributed by atoms with Gasteiger partial charge in [0, 0.05) is 11.8 Å². The molecule has 0 aromatic heterocycles. The molecule has 1 amide bonds. The van der Waals surface area contributed by atoms with Crippen molar-refractivity contribution >= 4 is 23.9 Å². The Labute approximate surface area is 94.9 Å². The average molecular weight is 221 g/mol. The van der Waals surface area contributed by atoms with Crippen molar-refractivity contribution in [3.63, 3.8) is 0 Å². The zero-order valence-electron chi connectivity index (χ0n) is 8.77. The smallest absolute Gasteiger partial charge is 0.253 e. The van der Waals surface area contributed by atoms with Crippen LogP contribution in [0.2, 0.25) is 0 Å². The van der Waals surface area contributed by atoms with Crippen LogP contribution in [0.1, 0.15) is 18.9 Å². The summed E-state index contributed by atoms with van der Waals surface area (Å²) in [5.41, 5.74) is 1.04. The van der Waals surface area contributed by atoms with Crippen LogP contribution < -0.4 is 4.72 Å². The molecular formula is C12H15NOS. The van der Waals surface area contributed by atoms with Crippen LogP contribution in [0.5, 0.6) is 0 Å². The van der Waals surface area contributed by atoms with Gasteiger partial charge >= 0.3 is 0 Å². The van der Waals surface area contributed by atoms with Crippen molar-refractivity contribution in [2.24, 2.45) is 0 Å². The Kier molecular flexibility index (Phi) is 5.63. The van der Waals surface area contributed by atoms with Crippen LogP contribution in [0, 0.1) is 0 Å². The van der Waals surface area contributed by atoms with E-state index < -0.39 is 0 Å². The van der Waals surface area contributed by atoms with Gasteiger partial charge in [0.1, 0.15) is 0 Å². The third-order valence-corrected chi connectivity index (χ3v) is 2.66. The summed E-state index contributed by atoms with van der Waals surface area (Å²) in [5, 5.41) is 0. The fourth-order valence-corrected chi connectivity index (χ4v) is 1.51. The van der Waals surface area contributed by atoms with E-state index in [0.29, 0.717) is 0 Å². The van der Waals surface area contributed by atoms with Crippen molar-refractivity contribution in [3.8, 4) is 0 Å². The van der Waals surface area contributed by atoms with Crippen molar-refractivity contribution in [2.75, 3.05) is 5.75 Å². The first-order valence-electron chi connectivity index (χ1n) is 4.98. The summed E-state index contributed by atoms with van der Waals surface area (Å²) in [6.07, 6.45) is 4.42. The second kappa shape index (κ2) is 7.12. The molecule has 15 heavy (non-hydrogen) atoms. The second-order valence-electron chi connectivity index (χ2n) is 3.06. The van der Waals surface area contributed by atoms with Crippen molar-refractivity contribution in [3.05, 3.63) is 42.0 Å². The lowest BCUT2D eigenvalue weighted by molar-refractivity contribution is -0.114. The molecule has 0 saturated carbocycles. The molecule has 0 unspecified atom stereocenters. The number of carbonyl (C=O) groups excluding carboxylic acids is 1. The highest BCUT2D eigenvalue weighted by atomic mass is 32.2. The van der Waals surface area contributed by atoms with Gasteiger partial charge in [-0.15, -0.1) is 0 Å². The molecule has 0 spiro atoms. The lowest BCUT2D eigenvalue weighted by Gasteiger charge is -1.98. The van der Waals surface area contributed by atoms with Gasteiger partial charge in [-0.3, -0.25) is 9.52 Å². The van der Waals surface area contributed by atoms with Crippen molar-refractivity contribution in [1.29, 1.82) is 0 Å². The quantitative estimate of drug-likeness (QED) is 0.470. The molecular weight excluding hydrogens is 206 g/mol. The standard InChI is InChI=1S/C12H15NOS/c1-2-10-15-13-12(14)9-8-11-6-4-3-5-7-11/h3-9H,2,10H2,1H3,(H,13,14)/b9-8+. The number of nitrogens with one attached hydrogen (secondary N) is 1. The summed E-state index contributed by atoms with van der Waals surface area (Å²) < 4.78 is 2.74. The Morgan fingerprint density at radius 3 is 2.80 bits per heavy atom. The molecule has 0 atom stereocenters. The number of hydrogen-bond donors (Lipinski definition) is 1. The normalized spacial score (nSPS) is 10.5. The van der Waals surface area contributed by atoms with Crippen LogP contribution in [0.4, 0.5) is 0 Å². The molecule has 2 nitrogen and oxygen atoms in total. The van der Waals surface area contributed by atoms with Gasteiger partial charge in [0.25, 0.3) is 5.91 Å². The summed E-state index contributed by atoms with van der Waals surface area (Å²) in [5.74, 6) is 0.891. The van der Waals surface area contributed by atoms with Crippen LogP contribution in [0.25, 0.3) is 6.08 Å². The third kappa shape index (κ3) is 5.27. The number of carbonyl (C=O) groups is 1. The first-order chi connectivity index (χ1) is 7.33. The second-order valence-corrected chi connectivity index (χ2v) is 3.96. The van der Waals surface area contributed by atoms with Crippen LogP contribution in [0.3, 0.4) is 0 Å². The molecule has 0 fully saturated rings. The van der Waals surface area contributed by atoms with Crippen molar-refractivity contribution < 1.29 is 4.79 Å². The minimum Gasteiger partial charge on any atom is -0.297 e. The highest BCUT2D eigenvalue weighted by molar-refractivity contribution is 7.97. The highest BCUT2D eigenvalue weighted by Gasteiger charge is 1.93. The molecule has 0 bridgehead atoms. The summed E-state index contributed by atoms with van der Waals surface area (Å²) >= 11 is 1.45. The summed E-state index contributed by atoms with van der Waals surface area (Å²) in [7, 11) is 0. The summed E-state index contributed by atoms with van der Waals surface area (Å²) in [4.78, 5) is 11.3. The molecule has 0 aliphatic carbocycles. The van der Waals surface area contributed by atoms with Gasteiger partial charge in [-0.2, -0.15) is 0 Å². The molecule has 80 valence electrons. The fourth-order valence-electron chi connectivity index (χ4n) is 0.994. The maximum atomic E-state index is 11.3. The predicted octanol–water partition coefficient (Wildman–Crippen LogP) is 2.87. The van der Waals surface area contributed by atoms with Crippen molar-refractivity contribution in [1.82, 2.24) is 4.72 Å². The van der Waals surface area contributed by atoms with E-state index in [1.54, 1.807) is 6.08 Å². The first-order valence-corrected chi connectivity index (χ1v) is 5.96. The molecule has 1 N–H and O–H groups in total. The van der Waals surface area contributed by atoms with Gasteiger partial charge in [0.05, 0.1) is 0 Å². The third-order valence-electron chi connectivity index (χ3n) is 1.71. The predicted molar refractivity (Wildman–Crippen MR) is 66.4 cm³/mol. The van der Waals surface area contributed by atoms with Crippen molar-refractivity contribution in [2.45, 2.75) is 13.3 Å². The zero-order valence-corrected chi connectivity index (χ0v) is 9.59. The minimum atomic E-state index is -0.0581. The van der Waals surface area contributed by atoms with E-state index in [9.17, 15) is 4.79 Å². The van der Waals surface area contributed by atoms with E-state index in [-0.39, 0.29) is 5.91 Å². The lowest BCUT2D eigenvalue weighted by Crippen LogP contribution is -2.12. The van der Waals surface area contributed by atoms with Gasteiger partial charge in [0.2, 0.25) is 0 Å². The first kappa shape index (κ1) is 11.9. The van der Waals surface area contributed by atoms with Crippen LogP contribution in [-0.4, -0.2) is 11.7 Å². The van der Waals surface area contributed by atoms with Gasteiger partial charge in [-0.25, -0.2) is 0 Å². The number of hydrogen-bond acceptors (Lipinski definition) is 2. The monoisotopic (exact) mass is 221 g/mol. The summed E-state index contributed by atoms with van der Waals surface area (Å²) in [6, 6.07) is 9.77. The highest BCUT2D eigenvalue weighted by Crippen LogP contribution is 2.01. The average Bonchev–Trinajstić information content (AvgIpc) is 2.28. The Morgan fingerprint density at radius 2 is 2.13 bits per heavy atom. The maximum Gasteiger partial charge on any atom is 0.253 e. The van der Waals surface area contributed by atoms with Gasteiger partial charge in [-0.05, 0) is 18.1 Å². The van der Waals surface area contributed by atoms with Gasteiger partial charge in [0.15, 0.2) is 0 Å². The molecule has 0 aliphatic heterocycles. The molecule has 0 saturated heterocycles. The number of benzene rings is 1. The van der Waals surface area contributed by atoms with E-state index in [1.165, 1.54) is 11.9 Å². The van der Waals surface area contributed by atoms with Crippen LogP contribution in [0.15, 0.2) is 36.4 Å². The van der Waals surface area contributed by atoms with E-state index in [2.05, 4.69) is 11.6 Å². The molecule has 3 heteroatoms. The van der Waals surface area contributed by atoms with Gasteiger partial charge in [-0.1, -0.05) is 49.2 Å². The molecule has 1 rings (SSSR count). The summed E-state index contributed by atoms with van der Waals surface area (Å²) in [6.45, 7) is 2.08. The number of rotatable bonds is 5. The zero-order chi connectivity index (χ0) is 10.9. The number of amides is 1. The van der Waals surface area contributed by atoms with Crippen LogP contribution in [-0.2, 0) is 4.79 Å². The largest absolute Gasteiger partial charge is 0.297 e. The van der Waals surface area contributed by atoms with E-state index in [4.69, 9.17) is 0 Å².